The highest BCUT2D eigenvalue weighted by Crippen LogP contribution is 2.43. The first-order valence-corrected chi connectivity index (χ1v) is 7.16. The molecule has 0 aliphatic heterocycles. The van der Waals surface area contributed by atoms with E-state index in [1.165, 1.54) is 0 Å². The van der Waals surface area contributed by atoms with Crippen molar-refractivity contribution in [3.05, 3.63) is 0 Å². The first-order valence-electron chi connectivity index (χ1n) is 7.16. The lowest BCUT2D eigenvalue weighted by Gasteiger charge is -2.53. The van der Waals surface area contributed by atoms with Crippen molar-refractivity contribution >= 4 is 0 Å². The number of hydrogen-bond acceptors (Lipinski definition) is 3. The quantitative estimate of drug-likeness (QED) is 0.768. The Kier molecular flexibility index (Phi) is 4.52. The van der Waals surface area contributed by atoms with Crippen molar-refractivity contribution in [2.45, 2.75) is 72.6 Å². The zero-order valence-corrected chi connectivity index (χ0v) is 13.3. The van der Waals surface area contributed by atoms with Crippen LogP contribution < -0.4 is 11.1 Å². The Morgan fingerprint density at radius 3 is 2.22 bits per heavy atom. The van der Waals surface area contributed by atoms with Gasteiger partial charge in [0.1, 0.15) is 0 Å². The summed E-state index contributed by atoms with van der Waals surface area (Å²) < 4.78 is 5.76. The van der Waals surface area contributed by atoms with Gasteiger partial charge in [-0.25, -0.2) is 0 Å². The van der Waals surface area contributed by atoms with E-state index in [1.807, 2.05) is 0 Å². The van der Waals surface area contributed by atoms with Gasteiger partial charge in [-0.3, -0.25) is 0 Å². The standard InChI is InChI=1S/C15H32N2O/c1-8-18-12-9-11(14(12,4)5)17-10-13(2,3)15(6,7)16/h11-12,17H,8-10,16H2,1-7H3. The van der Waals surface area contributed by atoms with Crippen molar-refractivity contribution in [2.24, 2.45) is 16.6 Å². The second-order valence-corrected chi connectivity index (χ2v) is 7.54. The monoisotopic (exact) mass is 256 g/mol. The van der Waals surface area contributed by atoms with E-state index in [2.05, 4.69) is 53.8 Å². The predicted octanol–water partition coefficient (Wildman–Crippen LogP) is 2.54. The second kappa shape index (κ2) is 5.10. The van der Waals surface area contributed by atoms with Crippen LogP contribution in [0.2, 0.25) is 0 Å². The van der Waals surface area contributed by atoms with E-state index in [9.17, 15) is 0 Å². The zero-order valence-electron chi connectivity index (χ0n) is 13.3. The Balaban J connectivity index is 2.48. The van der Waals surface area contributed by atoms with Gasteiger partial charge in [0.05, 0.1) is 6.10 Å². The average Bonchev–Trinajstić information content (AvgIpc) is 2.20. The van der Waals surface area contributed by atoms with Gasteiger partial charge in [0, 0.05) is 30.1 Å². The maximum Gasteiger partial charge on any atom is 0.0655 e. The van der Waals surface area contributed by atoms with Gasteiger partial charge >= 0.3 is 0 Å². The van der Waals surface area contributed by atoms with Crippen LogP contribution in [0.4, 0.5) is 0 Å². The largest absolute Gasteiger partial charge is 0.378 e. The van der Waals surface area contributed by atoms with Crippen LogP contribution >= 0.6 is 0 Å². The van der Waals surface area contributed by atoms with Crippen molar-refractivity contribution in [3.8, 4) is 0 Å². The summed E-state index contributed by atoms with van der Waals surface area (Å²) >= 11 is 0. The summed E-state index contributed by atoms with van der Waals surface area (Å²) in [5.41, 5.74) is 6.37. The Morgan fingerprint density at radius 2 is 1.83 bits per heavy atom. The molecule has 3 nitrogen and oxygen atoms in total. The minimum Gasteiger partial charge on any atom is -0.378 e. The smallest absolute Gasteiger partial charge is 0.0655 e. The lowest BCUT2D eigenvalue weighted by Crippen LogP contribution is -2.63. The summed E-state index contributed by atoms with van der Waals surface area (Å²) in [5, 5.41) is 3.68. The molecular formula is C15H32N2O. The Hall–Kier alpha value is -0.120. The van der Waals surface area contributed by atoms with Gasteiger partial charge in [-0.2, -0.15) is 0 Å². The molecule has 0 aromatic heterocycles. The average molecular weight is 256 g/mol. The Morgan fingerprint density at radius 1 is 1.28 bits per heavy atom. The molecule has 18 heavy (non-hydrogen) atoms. The molecule has 0 saturated heterocycles. The molecule has 1 aliphatic carbocycles. The zero-order chi connectivity index (χ0) is 14.2. The Bertz CT molecular complexity index is 279. The van der Waals surface area contributed by atoms with Gasteiger partial charge in [-0.05, 0) is 32.6 Å². The highest BCUT2D eigenvalue weighted by Gasteiger charge is 2.49. The van der Waals surface area contributed by atoms with Crippen LogP contribution in [-0.2, 0) is 4.74 Å². The molecule has 0 heterocycles. The van der Waals surface area contributed by atoms with Gasteiger partial charge in [0.25, 0.3) is 0 Å². The minimum atomic E-state index is -0.173. The van der Waals surface area contributed by atoms with E-state index < -0.39 is 0 Å². The van der Waals surface area contributed by atoms with Crippen molar-refractivity contribution in [2.75, 3.05) is 13.2 Å². The molecule has 1 fully saturated rings. The molecule has 3 N–H and O–H groups in total. The van der Waals surface area contributed by atoms with Gasteiger partial charge < -0.3 is 15.8 Å². The van der Waals surface area contributed by atoms with Crippen molar-refractivity contribution in [3.63, 3.8) is 0 Å². The predicted molar refractivity (Wildman–Crippen MR) is 77.7 cm³/mol. The fourth-order valence-corrected chi connectivity index (χ4v) is 2.32. The van der Waals surface area contributed by atoms with Crippen LogP contribution in [0.5, 0.6) is 0 Å². The molecule has 2 atom stereocenters. The molecule has 1 rings (SSSR count). The van der Waals surface area contributed by atoms with Gasteiger partial charge in [0.15, 0.2) is 0 Å². The fraction of sp³-hybridized carbons (Fsp3) is 1.00. The SMILES string of the molecule is CCOC1CC(NCC(C)(C)C(C)(C)N)C1(C)C. The molecule has 0 amide bonds. The molecule has 0 aromatic carbocycles. The van der Waals surface area contributed by atoms with Crippen LogP contribution in [0, 0.1) is 10.8 Å². The number of nitrogens with one attached hydrogen (secondary N) is 1. The van der Waals surface area contributed by atoms with Crippen molar-refractivity contribution in [1.29, 1.82) is 0 Å². The summed E-state index contributed by atoms with van der Waals surface area (Å²) in [7, 11) is 0. The van der Waals surface area contributed by atoms with E-state index in [-0.39, 0.29) is 16.4 Å². The van der Waals surface area contributed by atoms with Crippen LogP contribution in [0.1, 0.15) is 54.9 Å². The minimum absolute atomic E-state index is 0.0831. The van der Waals surface area contributed by atoms with E-state index in [0.29, 0.717) is 12.1 Å². The Labute approximate surface area is 113 Å². The normalized spacial score (nSPS) is 28.0. The highest BCUT2D eigenvalue weighted by atomic mass is 16.5. The van der Waals surface area contributed by atoms with E-state index in [4.69, 9.17) is 10.5 Å². The van der Waals surface area contributed by atoms with Gasteiger partial charge in [0.2, 0.25) is 0 Å². The molecule has 1 saturated carbocycles. The van der Waals surface area contributed by atoms with E-state index in [0.717, 1.165) is 19.6 Å². The molecule has 1 aliphatic rings. The van der Waals surface area contributed by atoms with Crippen LogP contribution in [-0.4, -0.2) is 30.8 Å². The summed E-state index contributed by atoms with van der Waals surface area (Å²) in [6, 6.07) is 0.538. The molecular weight excluding hydrogens is 224 g/mol. The highest BCUT2D eigenvalue weighted by molar-refractivity contribution is 5.04. The third kappa shape index (κ3) is 3.06. The van der Waals surface area contributed by atoms with Gasteiger partial charge in [-0.1, -0.05) is 27.7 Å². The lowest BCUT2D eigenvalue weighted by atomic mass is 9.64. The summed E-state index contributed by atoms with van der Waals surface area (Å²) in [5.74, 6) is 0. The third-order valence-electron chi connectivity index (χ3n) is 5.08. The number of nitrogens with two attached hydrogens (primary N) is 1. The third-order valence-corrected chi connectivity index (χ3v) is 5.08. The molecule has 2 unspecified atom stereocenters. The summed E-state index contributed by atoms with van der Waals surface area (Å²) in [6.07, 6.45) is 1.51. The molecule has 0 spiro atoms. The lowest BCUT2D eigenvalue weighted by molar-refractivity contribution is -0.116. The second-order valence-electron chi connectivity index (χ2n) is 7.54. The van der Waals surface area contributed by atoms with Crippen LogP contribution in [0.25, 0.3) is 0 Å². The molecule has 0 bridgehead atoms. The molecule has 3 heteroatoms. The van der Waals surface area contributed by atoms with Crippen molar-refractivity contribution in [1.82, 2.24) is 5.32 Å². The molecule has 108 valence electrons. The maximum atomic E-state index is 6.24. The number of ether oxygens (including phenoxy) is 1. The van der Waals surface area contributed by atoms with Crippen molar-refractivity contribution < 1.29 is 4.74 Å². The van der Waals surface area contributed by atoms with Crippen LogP contribution in [0.3, 0.4) is 0 Å². The van der Waals surface area contributed by atoms with Gasteiger partial charge in [-0.15, -0.1) is 0 Å². The van der Waals surface area contributed by atoms with E-state index >= 15 is 0 Å². The topological polar surface area (TPSA) is 47.3 Å². The summed E-state index contributed by atoms with van der Waals surface area (Å²) in [6.45, 7) is 17.1. The number of rotatable bonds is 6. The molecule has 0 radical (unpaired) electrons. The van der Waals surface area contributed by atoms with Crippen LogP contribution in [0.15, 0.2) is 0 Å². The van der Waals surface area contributed by atoms with E-state index in [1.54, 1.807) is 0 Å². The molecule has 0 aromatic rings. The summed E-state index contributed by atoms with van der Waals surface area (Å²) in [4.78, 5) is 0. The first-order chi connectivity index (χ1) is 8.02. The maximum absolute atomic E-state index is 6.24. The number of hydrogen-bond donors (Lipinski definition) is 2. The fourth-order valence-electron chi connectivity index (χ4n) is 2.32. The first kappa shape index (κ1) is 15.9.